The zero-order chi connectivity index (χ0) is 20.1. The van der Waals surface area contributed by atoms with E-state index in [-0.39, 0.29) is 12.5 Å². The molecule has 0 radical (unpaired) electrons. The van der Waals surface area contributed by atoms with Gasteiger partial charge in [0.15, 0.2) is 6.10 Å². The Morgan fingerprint density at radius 3 is 2.64 bits per heavy atom. The fourth-order valence-electron chi connectivity index (χ4n) is 2.85. The summed E-state index contributed by atoms with van der Waals surface area (Å²) in [5.74, 6) is 1.51. The molecule has 6 heteroatoms. The van der Waals surface area contributed by atoms with Crippen LogP contribution in [-0.2, 0) is 11.3 Å². The average Bonchev–Trinajstić information content (AvgIpc) is 3.17. The van der Waals surface area contributed by atoms with Gasteiger partial charge in [-0.15, -0.1) is 0 Å². The van der Waals surface area contributed by atoms with Crippen LogP contribution in [-0.4, -0.2) is 34.1 Å². The molecule has 1 heterocycles. The van der Waals surface area contributed by atoms with Crippen LogP contribution in [0.3, 0.4) is 0 Å². The molecule has 0 aliphatic rings. The fraction of sp³-hybridized carbons (Fsp3) is 0.318. The predicted octanol–water partition coefficient (Wildman–Crippen LogP) is 4.17. The lowest BCUT2D eigenvalue weighted by atomic mass is 10.1. The number of likely N-dealkylation sites (N-methyl/N-ethyl adjacent to an activating group) is 1. The highest BCUT2D eigenvalue weighted by Crippen LogP contribution is 2.22. The summed E-state index contributed by atoms with van der Waals surface area (Å²) in [6.45, 7) is 6.13. The molecule has 0 saturated carbocycles. The van der Waals surface area contributed by atoms with Gasteiger partial charge >= 0.3 is 0 Å². The molecule has 6 nitrogen and oxygen atoms in total. The van der Waals surface area contributed by atoms with Gasteiger partial charge in [-0.05, 0) is 37.5 Å². The molecule has 3 rings (SSSR count). The minimum atomic E-state index is -0.568. The molecule has 0 spiro atoms. The lowest BCUT2D eigenvalue weighted by molar-refractivity contribution is -0.138. The lowest BCUT2D eigenvalue weighted by Crippen LogP contribution is -2.39. The molecule has 28 heavy (non-hydrogen) atoms. The number of amides is 1. The van der Waals surface area contributed by atoms with Gasteiger partial charge in [-0.25, -0.2) is 0 Å². The second kappa shape index (κ2) is 8.69. The van der Waals surface area contributed by atoms with Crippen LogP contribution < -0.4 is 4.74 Å². The van der Waals surface area contributed by atoms with Crippen LogP contribution in [0.2, 0.25) is 0 Å². The van der Waals surface area contributed by atoms with E-state index in [1.807, 2.05) is 69.3 Å². The van der Waals surface area contributed by atoms with Crippen LogP contribution in [0, 0.1) is 13.8 Å². The first-order valence-corrected chi connectivity index (χ1v) is 9.34. The Labute approximate surface area is 165 Å². The first-order valence-electron chi connectivity index (χ1n) is 9.34. The number of hydrogen-bond donors (Lipinski definition) is 0. The van der Waals surface area contributed by atoms with Gasteiger partial charge < -0.3 is 14.2 Å². The summed E-state index contributed by atoms with van der Waals surface area (Å²) < 4.78 is 11.3. The molecule has 1 aromatic heterocycles. The van der Waals surface area contributed by atoms with Crippen molar-refractivity contribution in [3.8, 4) is 17.1 Å². The lowest BCUT2D eigenvalue weighted by Gasteiger charge is -2.23. The second-order valence-electron chi connectivity index (χ2n) is 6.86. The molecular weight excluding hydrogens is 354 g/mol. The molecule has 0 N–H and O–H groups in total. The third-order valence-electron chi connectivity index (χ3n) is 4.51. The van der Waals surface area contributed by atoms with Gasteiger partial charge in [-0.3, -0.25) is 4.79 Å². The Morgan fingerprint density at radius 2 is 1.93 bits per heavy atom. The Morgan fingerprint density at radius 1 is 1.18 bits per heavy atom. The molecule has 0 aliphatic carbocycles. The summed E-state index contributed by atoms with van der Waals surface area (Å²) >= 11 is 0. The maximum Gasteiger partial charge on any atom is 0.263 e. The number of hydrogen-bond acceptors (Lipinski definition) is 5. The van der Waals surface area contributed by atoms with Crippen molar-refractivity contribution in [2.45, 2.75) is 39.8 Å². The molecular formula is C22H25N3O3. The first-order chi connectivity index (χ1) is 13.5. The standard InChI is InChI=1S/C22H25N3O3/c1-5-18(27-19-13-15(2)11-12-16(19)3)22(26)25(4)14-20-23-21(24-28-20)17-9-7-6-8-10-17/h6-13,18H,5,14H2,1-4H3. The van der Waals surface area contributed by atoms with E-state index in [1.54, 1.807) is 11.9 Å². The van der Waals surface area contributed by atoms with Crippen LogP contribution in [0.1, 0.15) is 30.4 Å². The van der Waals surface area contributed by atoms with E-state index in [2.05, 4.69) is 10.1 Å². The maximum atomic E-state index is 12.9. The molecule has 0 fully saturated rings. The number of ether oxygens (including phenoxy) is 1. The third-order valence-corrected chi connectivity index (χ3v) is 4.51. The van der Waals surface area contributed by atoms with E-state index in [0.717, 1.165) is 22.4 Å². The first kappa shape index (κ1) is 19.6. The SMILES string of the molecule is CCC(Oc1cc(C)ccc1C)C(=O)N(C)Cc1nc(-c2ccccc2)no1. The Balaban J connectivity index is 1.67. The summed E-state index contributed by atoms with van der Waals surface area (Å²) in [4.78, 5) is 18.8. The van der Waals surface area contributed by atoms with Crippen molar-refractivity contribution in [3.63, 3.8) is 0 Å². The van der Waals surface area contributed by atoms with Gasteiger partial charge in [-0.1, -0.05) is 54.5 Å². The van der Waals surface area contributed by atoms with Crippen molar-refractivity contribution < 1.29 is 14.1 Å². The van der Waals surface area contributed by atoms with Gasteiger partial charge in [-0.2, -0.15) is 4.98 Å². The number of aryl methyl sites for hydroxylation is 2. The van der Waals surface area contributed by atoms with Crippen LogP contribution >= 0.6 is 0 Å². The fourth-order valence-corrected chi connectivity index (χ4v) is 2.85. The largest absolute Gasteiger partial charge is 0.480 e. The Hall–Kier alpha value is -3.15. The van der Waals surface area contributed by atoms with Crippen molar-refractivity contribution >= 4 is 5.91 Å². The molecule has 1 amide bonds. The molecule has 0 aliphatic heterocycles. The van der Waals surface area contributed by atoms with E-state index in [0.29, 0.717) is 18.1 Å². The van der Waals surface area contributed by atoms with Crippen LogP contribution in [0.25, 0.3) is 11.4 Å². The quantitative estimate of drug-likeness (QED) is 0.616. The van der Waals surface area contributed by atoms with Crippen molar-refractivity contribution in [3.05, 3.63) is 65.5 Å². The Bertz CT molecular complexity index is 937. The van der Waals surface area contributed by atoms with Crippen molar-refractivity contribution in [2.75, 3.05) is 7.05 Å². The van der Waals surface area contributed by atoms with Gasteiger partial charge in [0.25, 0.3) is 5.91 Å². The summed E-state index contributed by atoms with van der Waals surface area (Å²) in [5, 5.41) is 4.00. The average molecular weight is 379 g/mol. The van der Waals surface area contributed by atoms with Crippen molar-refractivity contribution in [1.82, 2.24) is 15.0 Å². The summed E-state index contributed by atoms with van der Waals surface area (Å²) in [6.07, 6.45) is -0.00245. The van der Waals surface area contributed by atoms with E-state index in [9.17, 15) is 4.79 Å². The van der Waals surface area contributed by atoms with Gasteiger partial charge in [0.1, 0.15) is 5.75 Å². The minimum Gasteiger partial charge on any atom is -0.480 e. The highest BCUT2D eigenvalue weighted by molar-refractivity contribution is 5.81. The molecule has 146 valence electrons. The predicted molar refractivity (Wildman–Crippen MR) is 107 cm³/mol. The monoisotopic (exact) mass is 379 g/mol. The second-order valence-corrected chi connectivity index (χ2v) is 6.86. The molecule has 0 saturated heterocycles. The number of carbonyl (C=O) groups excluding carboxylic acids is 1. The number of carbonyl (C=O) groups is 1. The number of aromatic nitrogens is 2. The van der Waals surface area contributed by atoms with Gasteiger partial charge in [0, 0.05) is 12.6 Å². The zero-order valence-corrected chi connectivity index (χ0v) is 16.7. The van der Waals surface area contributed by atoms with Gasteiger partial charge in [0.2, 0.25) is 11.7 Å². The van der Waals surface area contributed by atoms with E-state index in [4.69, 9.17) is 9.26 Å². The number of benzene rings is 2. The Kier molecular flexibility index (Phi) is 6.09. The summed E-state index contributed by atoms with van der Waals surface area (Å²) in [7, 11) is 1.71. The normalized spacial score (nSPS) is 11.9. The van der Waals surface area contributed by atoms with E-state index < -0.39 is 6.10 Å². The number of nitrogens with zero attached hydrogens (tertiary/aromatic N) is 3. The van der Waals surface area contributed by atoms with Crippen LogP contribution in [0.4, 0.5) is 0 Å². The summed E-state index contributed by atoms with van der Waals surface area (Å²) in [5.41, 5.74) is 2.97. The van der Waals surface area contributed by atoms with E-state index in [1.165, 1.54) is 0 Å². The topological polar surface area (TPSA) is 68.5 Å². The third kappa shape index (κ3) is 4.57. The van der Waals surface area contributed by atoms with E-state index >= 15 is 0 Å². The van der Waals surface area contributed by atoms with Crippen molar-refractivity contribution in [2.24, 2.45) is 0 Å². The van der Waals surface area contributed by atoms with Crippen molar-refractivity contribution in [1.29, 1.82) is 0 Å². The summed E-state index contributed by atoms with van der Waals surface area (Å²) in [6, 6.07) is 15.6. The molecule has 0 bridgehead atoms. The zero-order valence-electron chi connectivity index (χ0n) is 16.7. The molecule has 1 unspecified atom stereocenters. The highest BCUT2D eigenvalue weighted by Gasteiger charge is 2.24. The smallest absolute Gasteiger partial charge is 0.263 e. The minimum absolute atomic E-state index is 0.122. The molecule has 3 aromatic rings. The molecule has 1 atom stereocenters. The maximum absolute atomic E-state index is 12.9. The van der Waals surface area contributed by atoms with Crippen LogP contribution in [0.5, 0.6) is 5.75 Å². The highest BCUT2D eigenvalue weighted by atomic mass is 16.5. The van der Waals surface area contributed by atoms with Crippen LogP contribution in [0.15, 0.2) is 53.1 Å². The van der Waals surface area contributed by atoms with Gasteiger partial charge in [0.05, 0.1) is 6.54 Å². The number of rotatable bonds is 7. The molecule has 2 aromatic carbocycles.